The molecule has 18 heavy (non-hydrogen) atoms. The van der Waals surface area contributed by atoms with Crippen LogP contribution in [0.2, 0.25) is 0 Å². The van der Waals surface area contributed by atoms with E-state index in [0.29, 0.717) is 12.5 Å². The van der Waals surface area contributed by atoms with Crippen molar-refractivity contribution in [2.24, 2.45) is 10.8 Å². The third-order valence-electron chi connectivity index (χ3n) is 2.20. The van der Waals surface area contributed by atoms with Crippen molar-refractivity contribution >= 4 is 11.6 Å². The Hall–Kier alpha value is -2.47. The molecule has 0 aliphatic carbocycles. The summed E-state index contributed by atoms with van der Waals surface area (Å²) in [4.78, 5) is 4.27. The van der Waals surface area contributed by atoms with Gasteiger partial charge in [-0.25, -0.2) is 10.8 Å². The van der Waals surface area contributed by atoms with E-state index < -0.39 is 0 Å². The number of nitrogens with one attached hydrogen (secondary N) is 2. The number of nitrogens with two attached hydrogens (primary N) is 1. The van der Waals surface area contributed by atoms with E-state index in [4.69, 9.17) is 5.84 Å². The second-order valence-electron chi connectivity index (χ2n) is 3.52. The molecule has 0 aliphatic heterocycles. The van der Waals surface area contributed by atoms with Crippen LogP contribution in [-0.4, -0.2) is 16.2 Å². The van der Waals surface area contributed by atoms with E-state index in [0.717, 1.165) is 11.4 Å². The molecule has 0 saturated carbocycles. The molecular weight excluding hydrogens is 228 g/mol. The lowest BCUT2D eigenvalue weighted by Crippen LogP contribution is -2.36. The molecule has 1 heterocycles. The van der Waals surface area contributed by atoms with Gasteiger partial charge in [0.05, 0.1) is 12.2 Å². The summed E-state index contributed by atoms with van der Waals surface area (Å²) in [6.07, 6.45) is 1.62. The Labute approximate surface area is 105 Å². The Morgan fingerprint density at radius 1 is 1.17 bits per heavy atom. The van der Waals surface area contributed by atoms with E-state index in [1.54, 1.807) is 6.20 Å². The van der Waals surface area contributed by atoms with Gasteiger partial charge in [0.25, 0.3) is 0 Å². The van der Waals surface area contributed by atoms with Crippen molar-refractivity contribution in [1.29, 1.82) is 0 Å². The highest BCUT2D eigenvalue weighted by Crippen LogP contribution is 2.04. The Morgan fingerprint density at radius 3 is 2.67 bits per heavy atom. The number of guanidine groups is 1. The van der Waals surface area contributed by atoms with Crippen LogP contribution >= 0.6 is 0 Å². The number of anilines is 1. The molecular formula is C12H14N6. The van der Waals surface area contributed by atoms with Crippen molar-refractivity contribution in [2.75, 3.05) is 5.32 Å². The minimum Gasteiger partial charge on any atom is -0.325 e. The Bertz CT molecular complexity index is 496. The zero-order valence-electron chi connectivity index (χ0n) is 9.74. The first kappa shape index (κ1) is 12.0. The molecule has 0 amide bonds. The lowest BCUT2D eigenvalue weighted by Gasteiger charge is -2.08. The Morgan fingerprint density at radius 2 is 2.00 bits per heavy atom. The van der Waals surface area contributed by atoms with Crippen LogP contribution in [0.5, 0.6) is 0 Å². The maximum absolute atomic E-state index is 5.41. The van der Waals surface area contributed by atoms with Crippen molar-refractivity contribution in [3.8, 4) is 0 Å². The number of hydrogen-bond donors (Lipinski definition) is 3. The predicted octanol–water partition coefficient (Wildman–Crippen LogP) is 0.908. The topological polar surface area (TPSA) is 88.2 Å². The van der Waals surface area contributed by atoms with Crippen LogP contribution in [-0.2, 0) is 6.54 Å². The van der Waals surface area contributed by atoms with E-state index >= 15 is 0 Å². The highest BCUT2D eigenvalue weighted by atomic mass is 15.3. The molecule has 0 bridgehead atoms. The van der Waals surface area contributed by atoms with Gasteiger partial charge in [-0.15, -0.1) is 0 Å². The molecule has 6 heteroatoms. The lowest BCUT2D eigenvalue weighted by atomic mass is 10.3. The number of aromatic nitrogens is 2. The third kappa shape index (κ3) is 3.53. The van der Waals surface area contributed by atoms with Gasteiger partial charge in [-0.3, -0.25) is 5.43 Å². The fraction of sp³-hybridized carbons (Fsp3) is 0.0833. The van der Waals surface area contributed by atoms with Gasteiger partial charge in [0.2, 0.25) is 5.96 Å². The number of hydrazine groups is 1. The van der Waals surface area contributed by atoms with Gasteiger partial charge in [0.15, 0.2) is 0 Å². The van der Waals surface area contributed by atoms with Crippen LogP contribution in [0.15, 0.2) is 53.7 Å². The second kappa shape index (κ2) is 6.31. The van der Waals surface area contributed by atoms with E-state index in [1.807, 2.05) is 42.5 Å². The quantitative estimate of drug-likeness (QED) is 0.322. The molecule has 0 unspecified atom stereocenters. The number of nitrogens with zero attached hydrogens (tertiary/aromatic N) is 3. The highest BCUT2D eigenvalue weighted by Gasteiger charge is 1.98. The Balaban J connectivity index is 2.00. The SMILES string of the molecule is NNC(=NCc1cccnn1)Nc1ccccc1. The molecule has 0 fully saturated rings. The smallest absolute Gasteiger partial charge is 0.210 e. The Kier molecular flexibility index (Phi) is 4.21. The zero-order valence-corrected chi connectivity index (χ0v) is 9.74. The number of benzene rings is 1. The fourth-order valence-electron chi connectivity index (χ4n) is 1.36. The molecule has 2 rings (SSSR count). The van der Waals surface area contributed by atoms with E-state index in [9.17, 15) is 0 Å². The lowest BCUT2D eigenvalue weighted by molar-refractivity contribution is 0.884. The molecule has 0 radical (unpaired) electrons. The minimum absolute atomic E-state index is 0.410. The van der Waals surface area contributed by atoms with E-state index in [-0.39, 0.29) is 0 Å². The van der Waals surface area contributed by atoms with Crippen molar-refractivity contribution in [3.05, 3.63) is 54.4 Å². The first-order chi connectivity index (χ1) is 8.88. The summed E-state index contributed by atoms with van der Waals surface area (Å²) in [5.74, 6) is 5.88. The van der Waals surface area contributed by atoms with Gasteiger partial charge >= 0.3 is 0 Å². The summed E-state index contributed by atoms with van der Waals surface area (Å²) < 4.78 is 0. The van der Waals surface area contributed by atoms with E-state index in [1.165, 1.54) is 0 Å². The average molecular weight is 242 g/mol. The molecule has 0 spiro atoms. The van der Waals surface area contributed by atoms with Crippen molar-refractivity contribution in [3.63, 3.8) is 0 Å². The summed E-state index contributed by atoms with van der Waals surface area (Å²) >= 11 is 0. The summed E-state index contributed by atoms with van der Waals surface area (Å²) in [6, 6.07) is 13.3. The van der Waals surface area contributed by atoms with Crippen LogP contribution in [0.25, 0.3) is 0 Å². The van der Waals surface area contributed by atoms with Gasteiger partial charge in [-0.2, -0.15) is 10.2 Å². The molecule has 0 atom stereocenters. The normalized spacial score (nSPS) is 11.1. The van der Waals surface area contributed by atoms with Gasteiger partial charge in [-0.05, 0) is 24.3 Å². The van der Waals surface area contributed by atoms with Gasteiger partial charge in [-0.1, -0.05) is 18.2 Å². The summed E-state index contributed by atoms with van der Waals surface area (Å²) in [7, 11) is 0. The average Bonchev–Trinajstić information content (AvgIpc) is 2.45. The van der Waals surface area contributed by atoms with Crippen molar-refractivity contribution in [1.82, 2.24) is 15.6 Å². The van der Waals surface area contributed by atoms with Crippen LogP contribution in [0, 0.1) is 0 Å². The summed E-state index contributed by atoms with van der Waals surface area (Å²) in [5.41, 5.74) is 4.20. The maximum atomic E-state index is 5.41. The molecule has 1 aromatic heterocycles. The summed E-state index contributed by atoms with van der Waals surface area (Å²) in [6.45, 7) is 0.410. The molecule has 0 saturated heterocycles. The fourth-order valence-corrected chi connectivity index (χ4v) is 1.36. The predicted molar refractivity (Wildman–Crippen MR) is 70.6 cm³/mol. The molecule has 2 aromatic rings. The molecule has 6 nitrogen and oxygen atoms in total. The van der Waals surface area contributed by atoms with Crippen molar-refractivity contribution in [2.45, 2.75) is 6.54 Å². The number of hydrogen-bond acceptors (Lipinski definition) is 4. The summed E-state index contributed by atoms with van der Waals surface area (Å²) in [5, 5.41) is 10.8. The van der Waals surface area contributed by atoms with Crippen LogP contribution in [0.1, 0.15) is 5.69 Å². The van der Waals surface area contributed by atoms with Gasteiger partial charge < -0.3 is 5.32 Å². The van der Waals surface area contributed by atoms with Crippen LogP contribution in [0.4, 0.5) is 5.69 Å². The number of aliphatic imine (C=N–C) groups is 1. The second-order valence-corrected chi connectivity index (χ2v) is 3.52. The molecule has 4 N–H and O–H groups in total. The molecule has 0 aliphatic rings. The van der Waals surface area contributed by atoms with Gasteiger partial charge in [0.1, 0.15) is 0 Å². The monoisotopic (exact) mass is 242 g/mol. The van der Waals surface area contributed by atoms with E-state index in [2.05, 4.69) is 25.9 Å². The minimum atomic E-state index is 0.410. The van der Waals surface area contributed by atoms with Crippen molar-refractivity contribution < 1.29 is 0 Å². The van der Waals surface area contributed by atoms with Crippen LogP contribution in [0.3, 0.4) is 0 Å². The zero-order chi connectivity index (χ0) is 12.6. The highest BCUT2D eigenvalue weighted by molar-refractivity contribution is 5.93. The first-order valence-electron chi connectivity index (χ1n) is 5.48. The third-order valence-corrected chi connectivity index (χ3v) is 2.20. The standard InChI is InChI=1S/C12H14N6/c13-17-12(16-10-5-2-1-3-6-10)14-9-11-7-4-8-15-18-11/h1-8H,9,13H2,(H2,14,16,17). The largest absolute Gasteiger partial charge is 0.325 e. The molecule has 1 aromatic carbocycles. The van der Waals surface area contributed by atoms with Gasteiger partial charge in [0, 0.05) is 11.9 Å². The molecule has 92 valence electrons. The van der Waals surface area contributed by atoms with Crippen LogP contribution < -0.4 is 16.6 Å². The number of rotatable bonds is 3. The first-order valence-corrected chi connectivity index (χ1v) is 5.48. The maximum Gasteiger partial charge on any atom is 0.210 e. The number of para-hydroxylation sites is 1.